The third-order valence-electron chi connectivity index (χ3n) is 3.82. The molecule has 2 aromatic heterocycles. The van der Waals surface area contributed by atoms with Gasteiger partial charge in [0.15, 0.2) is 5.52 Å². The van der Waals surface area contributed by atoms with E-state index >= 15 is 0 Å². The molecule has 7 heteroatoms. The van der Waals surface area contributed by atoms with E-state index in [4.69, 9.17) is 17.0 Å². The van der Waals surface area contributed by atoms with Crippen molar-refractivity contribution in [3.05, 3.63) is 69.5 Å². The van der Waals surface area contributed by atoms with Crippen molar-refractivity contribution in [1.29, 1.82) is 5.41 Å². The van der Waals surface area contributed by atoms with Gasteiger partial charge in [0.1, 0.15) is 5.52 Å². The van der Waals surface area contributed by atoms with Crippen molar-refractivity contribution in [3.8, 4) is 5.69 Å². The molecule has 0 unspecified atom stereocenters. The molecule has 3 aromatic rings. The summed E-state index contributed by atoms with van der Waals surface area (Å²) in [6.45, 7) is 1.88. The van der Waals surface area contributed by atoms with Crippen molar-refractivity contribution in [2.75, 3.05) is 7.05 Å². The Hall–Kier alpha value is -2.99. The van der Waals surface area contributed by atoms with E-state index < -0.39 is 0 Å². The maximum atomic E-state index is 12.9. The zero-order chi connectivity index (χ0) is 18.0. The SMILES string of the molecule is CN/C=C(\C=N)c1cn(-c2ccc(Cl)cc2C)c(=O)c2nccnc12. The zero-order valence-corrected chi connectivity index (χ0v) is 14.5. The van der Waals surface area contributed by atoms with Crippen molar-refractivity contribution >= 4 is 34.4 Å². The molecule has 0 aliphatic carbocycles. The molecule has 0 atom stereocenters. The fourth-order valence-corrected chi connectivity index (χ4v) is 2.91. The highest BCUT2D eigenvalue weighted by Crippen LogP contribution is 2.23. The van der Waals surface area contributed by atoms with E-state index in [-0.39, 0.29) is 11.1 Å². The van der Waals surface area contributed by atoms with E-state index in [1.165, 1.54) is 23.2 Å². The highest BCUT2D eigenvalue weighted by atomic mass is 35.5. The normalized spacial score (nSPS) is 11.6. The number of halogens is 1. The molecule has 0 bridgehead atoms. The van der Waals surface area contributed by atoms with Gasteiger partial charge in [0, 0.05) is 54.2 Å². The molecule has 25 heavy (non-hydrogen) atoms. The summed E-state index contributed by atoms with van der Waals surface area (Å²) >= 11 is 6.03. The summed E-state index contributed by atoms with van der Waals surface area (Å²) in [5, 5.41) is 11.2. The van der Waals surface area contributed by atoms with E-state index in [9.17, 15) is 4.79 Å². The molecular weight excluding hydrogens is 338 g/mol. The van der Waals surface area contributed by atoms with Gasteiger partial charge in [-0.05, 0) is 30.7 Å². The predicted octanol–water partition coefficient (Wildman–Crippen LogP) is 2.95. The van der Waals surface area contributed by atoms with Crippen LogP contribution in [0, 0.1) is 12.3 Å². The first-order chi connectivity index (χ1) is 12.1. The highest BCUT2D eigenvalue weighted by molar-refractivity contribution is 6.30. The minimum absolute atomic E-state index is 0.248. The van der Waals surface area contributed by atoms with Crippen LogP contribution in [0.25, 0.3) is 22.3 Å². The third-order valence-corrected chi connectivity index (χ3v) is 4.05. The van der Waals surface area contributed by atoms with Crippen LogP contribution in [0.2, 0.25) is 5.02 Å². The number of pyridine rings is 1. The van der Waals surface area contributed by atoms with E-state index in [1.807, 2.05) is 6.92 Å². The molecule has 3 rings (SSSR count). The van der Waals surface area contributed by atoms with E-state index in [0.29, 0.717) is 27.4 Å². The lowest BCUT2D eigenvalue weighted by molar-refractivity contribution is 0.979. The fraction of sp³-hybridized carbons (Fsp3) is 0.111. The molecule has 1 aromatic carbocycles. The number of allylic oxidation sites excluding steroid dienone is 1. The third kappa shape index (κ3) is 3.04. The second-order valence-electron chi connectivity index (χ2n) is 5.43. The Morgan fingerprint density at radius 1 is 1.28 bits per heavy atom. The predicted molar refractivity (Wildman–Crippen MR) is 101 cm³/mol. The van der Waals surface area contributed by atoms with Gasteiger partial charge in [-0.2, -0.15) is 0 Å². The van der Waals surface area contributed by atoms with Crippen molar-refractivity contribution in [1.82, 2.24) is 19.9 Å². The summed E-state index contributed by atoms with van der Waals surface area (Å²) in [7, 11) is 1.75. The van der Waals surface area contributed by atoms with Crippen LogP contribution in [0.1, 0.15) is 11.1 Å². The molecule has 0 aliphatic rings. The molecule has 2 N–H and O–H groups in total. The minimum Gasteiger partial charge on any atom is -0.393 e. The number of aryl methyl sites for hydroxylation is 1. The Morgan fingerprint density at radius 3 is 2.64 bits per heavy atom. The van der Waals surface area contributed by atoms with Gasteiger partial charge >= 0.3 is 0 Å². The topological polar surface area (TPSA) is 83.7 Å². The standard InChI is InChI=1S/C18H16ClN5O/c1-11-7-13(19)3-4-15(11)24-10-14(12(8-20)9-21-2)16-17(18(24)25)23-6-5-22-16/h3-10,20-21H,1-2H3/b12-9+,20-8?. The second kappa shape index (κ2) is 6.86. The molecule has 0 aliphatic heterocycles. The first kappa shape index (κ1) is 16.9. The molecule has 6 nitrogen and oxygen atoms in total. The van der Waals surface area contributed by atoms with Gasteiger partial charge in [-0.15, -0.1) is 0 Å². The number of hydrogen-bond acceptors (Lipinski definition) is 5. The van der Waals surface area contributed by atoms with E-state index in [0.717, 1.165) is 5.56 Å². The van der Waals surface area contributed by atoms with Crippen LogP contribution in [-0.4, -0.2) is 27.8 Å². The van der Waals surface area contributed by atoms with E-state index in [1.54, 1.807) is 37.6 Å². The van der Waals surface area contributed by atoms with Crippen molar-refractivity contribution in [2.24, 2.45) is 0 Å². The van der Waals surface area contributed by atoms with Gasteiger partial charge < -0.3 is 10.7 Å². The number of rotatable bonds is 4. The summed E-state index contributed by atoms with van der Waals surface area (Å²) in [4.78, 5) is 21.4. The average molecular weight is 354 g/mol. The Labute approximate surface area is 149 Å². The lowest BCUT2D eigenvalue weighted by Gasteiger charge is -2.14. The molecule has 0 amide bonds. The van der Waals surface area contributed by atoms with Gasteiger partial charge in [-0.1, -0.05) is 11.6 Å². The first-order valence-electron chi connectivity index (χ1n) is 7.58. The van der Waals surface area contributed by atoms with E-state index in [2.05, 4.69) is 15.3 Å². The Balaban J connectivity index is 2.41. The molecule has 0 radical (unpaired) electrons. The molecule has 0 saturated heterocycles. The summed E-state index contributed by atoms with van der Waals surface area (Å²) < 4.78 is 1.52. The van der Waals surface area contributed by atoms with Crippen LogP contribution in [0.15, 0.2) is 47.8 Å². The fourth-order valence-electron chi connectivity index (χ4n) is 2.69. The minimum atomic E-state index is -0.272. The van der Waals surface area contributed by atoms with Crippen LogP contribution in [0.4, 0.5) is 0 Å². The molecule has 0 fully saturated rings. The number of nitrogens with one attached hydrogen (secondary N) is 2. The smallest absolute Gasteiger partial charge is 0.283 e. The number of benzene rings is 1. The number of nitrogens with zero attached hydrogens (tertiary/aromatic N) is 3. The summed E-state index contributed by atoms with van der Waals surface area (Å²) in [5.74, 6) is 0. The average Bonchev–Trinajstić information content (AvgIpc) is 2.61. The molecule has 126 valence electrons. The van der Waals surface area contributed by atoms with Gasteiger partial charge in [0.2, 0.25) is 0 Å². The van der Waals surface area contributed by atoms with Crippen molar-refractivity contribution in [3.63, 3.8) is 0 Å². The quantitative estimate of drug-likeness (QED) is 0.706. The maximum absolute atomic E-state index is 12.9. The van der Waals surface area contributed by atoms with Gasteiger partial charge in [0.05, 0.1) is 5.69 Å². The molecule has 0 spiro atoms. The van der Waals surface area contributed by atoms with Crippen LogP contribution in [0.3, 0.4) is 0 Å². The lowest BCUT2D eigenvalue weighted by Crippen LogP contribution is -2.21. The van der Waals surface area contributed by atoms with Gasteiger partial charge in [0.25, 0.3) is 5.56 Å². The largest absolute Gasteiger partial charge is 0.393 e. The maximum Gasteiger partial charge on any atom is 0.283 e. The number of fused-ring (bicyclic) bond motifs is 1. The Bertz CT molecular complexity index is 1060. The van der Waals surface area contributed by atoms with Crippen LogP contribution < -0.4 is 10.9 Å². The summed E-state index contributed by atoms with van der Waals surface area (Å²) in [6.07, 6.45) is 7.59. The van der Waals surface area contributed by atoms with Gasteiger partial charge in [-0.3, -0.25) is 14.3 Å². The lowest BCUT2D eigenvalue weighted by atomic mass is 10.1. The van der Waals surface area contributed by atoms with Crippen LogP contribution >= 0.6 is 11.6 Å². The summed E-state index contributed by atoms with van der Waals surface area (Å²) in [6, 6.07) is 5.32. The van der Waals surface area contributed by atoms with Crippen molar-refractivity contribution < 1.29 is 0 Å². The first-order valence-corrected chi connectivity index (χ1v) is 7.95. The highest BCUT2D eigenvalue weighted by Gasteiger charge is 2.15. The van der Waals surface area contributed by atoms with Crippen molar-refractivity contribution in [2.45, 2.75) is 6.92 Å². The van der Waals surface area contributed by atoms with Gasteiger partial charge in [-0.25, -0.2) is 4.98 Å². The molecule has 0 saturated carbocycles. The van der Waals surface area contributed by atoms with Crippen LogP contribution in [-0.2, 0) is 0 Å². The summed E-state index contributed by atoms with van der Waals surface area (Å²) in [5.41, 5.74) is 3.23. The Kier molecular flexibility index (Phi) is 4.63. The Morgan fingerprint density at radius 2 is 2.00 bits per heavy atom. The number of hydrogen-bond donors (Lipinski definition) is 2. The van der Waals surface area contributed by atoms with Crippen LogP contribution in [0.5, 0.6) is 0 Å². The number of aromatic nitrogens is 3. The zero-order valence-electron chi connectivity index (χ0n) is 13.7. The molecule has 2 heterocycles. The second-order valence-corrected chi connectivity index (χ2v) is 5.87. The monoisotopic (exact) mass is 353 g/mol. The molecular formula is C18H16ClN5O.